The largest absolute Gasteiger partial charge is 0.497 e. The molecular weight excluding hydrogens is 372 g/mol. The van der Waals surface area contributed by atoms with Crippen LogP contribution in [0.1, 0.15) is 32.0 Å². The van der Waals surface area contributed by atoms with E-state index in [0.717, 1.165) is 5.56 Å². The number of hydrogen-bond donors (Lipinski definition) is 2. The molecule has 0 aliphatic carbocycles. The summed E-state index contributed by atoms with van der Waals surface area (Å²) in [5.74, 6) is 0.0875. The highest BCUT2D eigenvalue weighted by Crippen LogP contribution is 2.27. The molecule has 1 aliphatic rings. The summed E-state index contributed by atoms with van der Waals surface area (Å²) in [6.07, 6.45) is 0.920. The number of fused-ring (bicyclic) bond motifs is 2. The van der Waals surface area contributed by atoms with Crippen LogP contribution in [0.25, 0.3) is 0 Å². The number of carbonyl (C=O) groups is 2. The van der Waals surface area contributed by atoms with Crippen LogP contribution in [0.3, 0.4) is 0 Å². The summed E-state index contributed by atoms with van der Waals surface area (Å²) in [5.41, 5.74) is 1.38. The summed E-state index contributed by atoms with van der Waals surface area (Å²) in [4.78, 5) is 37.5. The molecule has 2 amide bonds. The molecule has 0 saturated heterocycles. The van der Waals surface area contributed by atoms with Gasteiger partial charge in [-0.15, -0.1) is 0 Å². The van der Waals surface area contributed by atoms with Crippen LogP contribution in [0, 0.1) is 0 Å². The predicted molar refractivity (Wildman–Crippen MR) is 108 cm³/mol. The summed E-state index contributed by atoms with van der Waals surface area (Å²) in [6.45, 7) is 0. The Morgan fingerprint density at radius 1 is 1.07 bits per heavy atom. The van der Waals surface area contributed by atoms with Gasteiger partial charge in [0.2, 0.25) is 0 Å². The minimum Gasteiger partial charge on any atom is -0.497 e. The summed E-state index contributed by atoms with van der Waals surface area (Å²) in [6, 6.07) is 15.2. The van der Waals surface area contributed by atoms with E-state index < -0.39 is 17.4 Å². The van der Waals surface area contributed by atoms with Crippen molar-refractivity contribution in [1.29, 1.82) is 0 Å². The third-order valence-corrected chi connectivity index (χ3v) is 4.74. The molecule has 1 aliphatic heterocycles. The summed E-state index contributed by atoms with van der Waals surface area (Å²) >= 11 is 0. The fourth-order valence-electron chi connectivity index (χ4n) is 3.22. The molecule has 0 fully saturated rings. The number of anilines is 2. The van der Waals surface area contributed by atoms with Crippen LogP contribution < -0.4 is 21.0 Å². The molecule has 7 nitrogen and oxygen atoms in total. The Morgan fingerprint density at radius 2 is 1.86 bits per heavy atom. The Kier molecular flexibility index (Phi) is 4.87. The molecule has 2 N–H and O–H groups in total. The van der Waals surface area contributed by atoms with Crippen molar-refractivity contribution < 1.29 is 18.7 Å². The van der Waals surface area contributed by atoms with Crippen LogP contribution in [0.15, 0.2) is 63.8 Å². The van der Waals surface area contributed by atoms with Gasteiger partial charge in [-0.2, -0.15) is 0 Å². The minimum atomic E-state index is -0.702. The summed E-state index contributed by atoms with van der Waals surface area (Å²) in [7, 11) is 1.57. The van der Waals surface area contributed by atoms with Gasteiger partial charge in [0, 0.05) is 17.7 Å². The van der Waals surface area contributed by atoms with Crippen LogP contribution in [-0.4, -0.2) is 18.9 Å². The lowest BCUT2D eigenvalue weighted by Gasteiger charge is -2.18. The molecular formula is C22H18N2O5. The van der Waals surface area contributed by atoms with Crippen molar-refractivity contribution in [2.45, 2.75) is 12.8 Å². The summed E-state index contributed by atoms with van der Waals surface area (Å²) < 4.78 is 10.6. The number of hydrogen-bond acceptors (Lipinski definition) is 5. The van der Waals surface area contributed by atoms with Crippen LogP contribution in [0.5, 0.6) is 5.75 Å². The lowest BCUT2D eigenvalue weighted by Crippen LogP contribution is -2.23. The van der Waals surface area contributed by atoms with Gasteiger partial charge in [0.15, 0.2) is 0 Å². The van der Waals surface area contributed by atoms with Gasteiger partial charge >= 0.3 is 5.63 Å². The molecule has 146 valence electrons. The van der Waals surface area contributed by atoms with Crippen molar-refractivity contribution in [3.8, 4) is 5.75 Å². The second-order valence-electron chi connectivity index (χ2n) is 6.58. The number of amides is 2. The first-order valence-electron chi connectivity index (χ1n) is 9.07. The molecule has 0 radical (unpaired) electrons. The van der Waals surface area contributed by atoms with E-state index in [-0.39, 0.29) is 17.0 Å². The van der Waals surface area contributed by atoms with Crippen LogP contribution in [0.4, 0.5) is 11.4 Å². The van der Waals surface area contributed by atoms with E-state index in [0.29, 0.717) is 29.8 Å². The third-order valence-electron chi connectivity index (χ3n) is 4.74. The second-order valence-corrected chi connectivity index (χ2v) is 6.58. The molecule has 0 bridgehead atoms. The average Bonchev–Trinajstić information content (AvgIpc) is 2.74. The number of benzene rings is 2. The Hall–Kier alpha value is -3.87. The number of ether oxygens (including phenoxy) is 1. The van der Waals surface area contributed by atoms with E-state index >= 15 is 0 Å². The molecule has 2 heterocycles. The van der Waals surface area contributed by atoms with Gasteiger partial charge in [-0.05, 0) is 48.4 Å². The average molecular weight is 390 g/mol. The monoisotopic (exact) mass is 390 g/mol. The van der Waals surface area contributed by atoms with Gasteiger partial charge in [-0.25, -0.2) is 4.79 Å². The van der Waals surface area contributed by atoms with Crippen molar-refractivity contribution in [3.63, 3.8) is 0 Å². The smallest absolute Gasteiger partial charge is 0.359 e. The van der Waals surface area contributed by atoms with Crippen molar-refractivity contribution >= 4 is 23.2 Å². The minimum absolute atomic E-state index is 0.0803. The maximum atomic E-state index is 12.8. The van der Waals surface area contributed by atoms with Crippen molar-refractivity contribution in [1.82, 2.24) is 0 Å². The molecule has 4 rings (SSSR count). The van der Waals surface area contributed by atoms with E-state index in [4.69, 9.17) is 9.15 Å². The van der Waals surface area contributed by atoms with Gasteiger partial charge in [0.25, 0.3) is 11.8 Å². The topological polar surface area (TPSA) is 97.6 Å². The first-order chi connectivity index (χ1) is 14.0. The van der Waals surface area contributed by atoms with E-state index in [1.807, 2.05) is 6.07 Å². The van der Waals surface area contributed by atoms with Gasteiger partial charge in [0.1, 0.15) is 17.2 Å². The highest BCUT2D eigenvalue weighted by molar-refractivity contribution is 6.08. The number of rotatable bonds is 3. The van der Waals surface area contributed by atoms with E-state index in [2.05, 4.69) is 10.6 Å². The number of methoxy groups -OCH3 is 1. The molecule has 0 spiro atoms. The Balaban J connectivity index is 1.66. The molecule has 0 saturated carbocycles. The predicted octanol–water partition coefficient (Wildman–Crippen LogP) is 3.25. The Morgan fingerprint density at radius 3 is 2.62 bits per heavy atom. The maximum Gasteiger partial charge on any atom is 0.359 e. The van der Waals surface area contributed by atoms with Gasteiger partial charge < -0.3 is 19.8 Å². The van der Waals surface area contributed by atoms with E-state index in [1.54, 1.807) is 49.6 Å². The number of nitrogens with one attached hydrogen (secondary N) is 2. The molecule has 0 unspecified atom stereocenters. The number of aryl methyl sites for hydroxylation is 2. The lowest BCUT2D eigenvalue weighted by molar-refractivity contribution is 0.101. The summed E-state index contributed by atoms with van der Waals surface area (Å²) in [5, 5.41) is 5.36. The molecule has 2 aromatic carbocycles. The number of carbonyl (C=O) groups excluding carboxylic acids is 2. The molecule has 29 heavy (non-hydrogen) atoms. The van der Waals surface area contributed by atoms with E-state index in [1.165, 1.54) is 6.07 Å². The molecule has 1 aromatic heterocycles. The van der Waals surface area contributed by atoms with Gasteiger partial charge in [-0.3, -0.25) is 9.59 Å². The lowest BCUT2D eigenvalue weighted by atomic mass is 10.0. The zero-order valence-electron chi connectivity index (χ0n) is 15.7. The fraction of sp³-hybridized carbons (Fsp3) is 0.136. The maximum absolute atomic E-state index is 12.8. The SMILES string of the molecule is COc1ccc2c(c1)CCc1oc(=O)c(NC(=O)c3ccccc3)cc1C(=O)N2. The fourth-order valence-corrected chi connectivity index (χ4v) is 3.22. The quantitative estimate of drug-likeness (QED) is 0.715. The van der Waals surface area contributed by atoms with Crippen LogP contribution in [0.2, 0.25) is 0 Å². The van der Waals surface area contributed by atoms with E-state index in [9.17, 15) is 14.4 Å². The zero-order chi connectivity index (χ0) is 20.4. The highest BCUT2D eigenvalue weighted by atomic mass is 16.5. The normalized spacial score (nSPS) is 12.7. The van der Waals surface area contributed by atoms with Crippen LogP contribution in [-0.2, 0) is 12.8 Å². The molecule has 7 heteroatoms. The third kappa shape index (κ3) is 3.75. The standard InChI is InChI=1S/C22H18N2O5/c1-28-15-8-9-17-14(11-15)7-10-19-16(21(26)23-17)12-18(22(27)29-19)24-20(25)13-5-3-2-4-6-13/h2-6,8-9,11-12H,7,10H2,1H3,(H,23,26)(H,24,25). The van der Waals surface area contributed by atoms with Crippen molar-refractivity contribution in [3.05, 3.63) is 87.5 Å². The van der Waals surface area contributed by atoms with Crippen molar-refractivity contribution in [2.75, 3.05) is 17.7 Å². The second kappa shape index (κ2) is 7.63. The zero-order valence-corrected chi connectivity index (χ0v) is 15.7. The Bertz CT molecular complexity index is 1150. The highest BCUT2D eigenvalue weighted by Gasteiger charge is 2.22. The van der Waals surface area contributed by atoms with Gasteiger partial charge in [-0.1, -0.05) is 18.2 Å². The first-order valence-corrected chi connectivity index (χ1v) is 9.07. The molecule has 0 atom stereocenters. The molecule has 3 aromatic rings. The van der Waals surface area contributed by atoms with Crippen LogP contribution >= 0.6 is 0 Å². The Labute approximate surface area is 166 Å². The van der Waals surface area contributed by atoms with Gasteiger partial charge in [0.05, 0.1) is 12.7 Å². The van der Waals surface area contributed by atoms with Crippen molar-refractivity contribution in [2.24, 2.45) is 0 Å². The first kappa shape index (κ1) is 18.5.